The second kappa shape index (κ2) is 9.99. The van der Waals surface area contributed by atoms with Crippen LogP contribution in [0.5, 0.6) is 5.75 Å². The lowest BCUT2D eigenvalue weighted by atomic mass is 10.0. The number of oxazole rings is 1. The molecule has 1 heterocycles. The van der Waals surface area contributed by atoms with Crippen LogP contribution < -0.4 is 10.1 Å². The molecular weight excluding hydrogens is 470 g/mol. The number of nitrogens with one attached hydrogen (secondary N) is 1. The molecule has 0 aliphatic rings. The highest BCUT2D eigenvalue weighted by atomic mass is 35.5. The standard InChI is InChI=1S/C26H22ClN3O5/c1-15(2)17-6-10-24-21(13-17)29-26(35-24)18-7-9-23(34-3)20(14-18)28-25(31)11-5-16-4-8-19(27)22(12-16)30(32)33/h4-15H,1-3H3,(H,28,31)/b11-5+. The third kappa shape index (κ3) is 5.33. The Morgan fingerprint density at radius 1 is 1.17 bits per heavy atom. The number of aromatic nitrogens is 1. The van der Waals surface area contributed by atoms with Crippen molar-refractivity contribution >= 4 is 46.1 Å². The van der Waals surface area contributed by atoms with Crippen molar-refractivity contribution in [1.82, 2.24) is 4.98 Å². The van der Waals surface area contributed by atoms with Gasteiger partial charge in [0.2, 0.25) is 11.8 Å². The monoisotopic (exact) mass is 491 g/mol. The van der Waals surface area contributed by atoms with Crippen LogP contribution in [0.15, 0.2) is 65.1 Å². The van der Waals surface area contributed by atoms with E-state index in [-0.39, 0.29) is 10.7 Å². The van der Waals surface area contributed by atoms with Gasteiger partial charge in [0.25, 0.3) is 5.69 Å². The predicted octanol–water partition coefficient (Wildman–Crippen LogP) is 6.84. The predicted molar refractivity (Wildman–Crippen MR) is 136 cm³/mol. The molecule has 0 bridgehead atoms. The zero-order valence-electron chi connectivity index (χ0n) is 19.2. The number of amides is 1. The van der Waals surface area contributed by atoms with Crippen LogP contribution >= 0.6 is 11.6 Å². The summed E-state index contributed by atoms with van der Waals surface area (Å²) in [5.41, 5.74) is 3.91. The molecule has 3 aromatic carbocycles. The Morgan fingerprint density at radius 2 is 1.97 bits per heavy atom. The van der Waals surface area contributed by atoms with Gasteiger partial charge in [0.1, 0.15) is 16.3 Å². The number of rotatable bonds is 7. The Bertz CT molecular complexity index is 1460. The van der Waals surface area contributed by atoms with E-state index in [0.717, 1.165) is 11.1 Å². The summed E-state index contributed by atoms with van der Waals surface area (Å²) in [4.78, 5) is 27.7. The van der Waals surface area contributed by atoms with Gasteiger partial charge in [-0.2, -0.15) is 0 Å². The first-order valence-corrected chi connectivity index (χ1v) is 11.1. The summed E-state index contributed by atoms with van der Waals surface area (Å²) in [5, 5.41) is 13.9. The van der Waals surface area contributed by atoms with Crippen molar-refractivity contribution < 1.29 is 18.9 Å². The van der Waals surface area contributed by atoms with E-state index in [9.17, 15) is 14.9 Å². The van der Waals surface area contributed by atoms with Gasteiger partial charge < -0.3 is 14.5 Å². The van der Waals surface area contributed by atoms with Crippen molar-refractivity contribution in [1.29, 1.82) is 0 Å². The molecule has 0 saturated carbocycles. The Balaban J connectivity index is 1.58. The number of nitro benzene ring substituents is 1. The Kier molecular flexibility index (Phi) is 6.84. The topological polar surface area (TPSA) is 108 Å². The smallest absolute Gasteiger partial charge is 0.288 e. The molecule has 0 fully saturated rings. The Hall–Kier alpha value is -4.17. The summed E-state index contributed by atoms with van der Waals surface area (Å²) in [6, 6.07) is 15.4. The van der Waals surface area contributed by atoms with Crippen molar-refractivity contribution in [3.63, 3.8) is 0 Å². The maximum absolute atomic E-state index is 12.6. The Labute approximate surface area is 206 Å². The summed E-state index contributed by atoms with van der Waals surface area (Å²) in [7, 11) is 1.50. The number of hydrogen-bond donors (Lipinski definition) is 1. The number of nitrogens with zero attached hydrogens (tertiary/aromatic N) is 2. The van der Waals surface area contributed by atoms with Crippen molar-refractivity contribution in [2.24, 2.45) is 0 Å². The minimum Gasteiger partial charge on any atom is -0.495 e. The second-order valence-electron chi connectivity index (χ2n) is 8.11. The molecule has 1 aromatic heterocycles. The van der Waals surface area contributed by atoms with Crippen molar-refractivity contribution in [2.75, 3.05) is 12.4 Å². The van der Waals surface area contributed by atoms with Gasteiger partial charge in [-0.3, -0.25) is 14.9 Å². The van der Waals surface area contributed by atoms with Crippen LogP contribution in [0.1, 0.15) is 30.9 Å². The summed E-state index contributed by atoms with van der Waals surface area (Å²) < 4.78 is 11.3. The first-order chi connectivity index (χ1) is 16.7. The van der Waals surface area contributed by atoms with Gasteiger partial charge in [0.15, 0.2) is 5.58 Å². The van der Waals surface area contributed by atoms with E-state index in [1.807, 2.05) is 18.2 Å². The fourth-order valence-electron chi connectivity index (χ4n) is 3.49. The van der Waals surface area contributed by atoms with Gasteiger partial charge in [-0.05, 0) is 59.5 Å². The molecule has 4 rings (SSSR count). The van der Waals surface area contributed by atoms with Crippen LogP contribution in [0.3, 0.4) is 0 Å². The zero-order chi connectivity index (χ0) is 25.1. The number of carbonyl (C=O) groups is 1. The van der Waals surface area contributed by atoms with Crippen molar-refractivity contribution in [3.05, 3.63) is 86.9 Å². The quantitative estimate of drug-likeness (QED) is 0.172. The van der Waals surface area contributed by atoms with E-state index >= 15 is 0 Å². The molecule has 0 atom stereocenters. The van der Waals surface area contributed by atoms with E-state index < -0.39 is 10.8 Å². The number of ether oxygens (including phenoxy) is 1. The molecule has 0 aliphatic heterocycles. The number of fused-ring (bicyclic) bond motifs is 1. The molecule has 8 nitrogen and oxygen atoms in total. The lowest BCUT2D eigenvalue weighted by Gasteiger charge is -2.10. The van der Waals surface area contributed by atoms with E-state index in [1.165, 1.54) is 31.4 Å². The molecule has 0 radical (unpaired) electrons. The highest BCUT2D eigenvalue weighted by Gasteiger charge is 2.15. The summed E-state index contributed by atoms with van der Waals surface area (Å²) in [5.74, 6) is 0.797. The minimum absolute atomic E-state index is 0.0257. The molecule has 4 aromatic rings. The Morgan fingerprint density at radius 3 is 2.69 bits per heavy atom. The summed E-state index contributed by atoms with van der Waals surface area (Å²) in [6.07, 6.45) is 2.73. The highest BCUT2D eigenvalue weighted by molar-refractivity contribution is 6.32. The van der Waals surface area contributed by atoms with E-state index in [0.29, 0.717) is 40.0 Å². The molecule has 35 heavy (non-hydrogen) atoms. The maximum Gasteiger partial charge on any atom is 0.288 e. The highest BCUT2D eigenvalue weighted by Crippen LogP contribution is 2.33. The summed E-state index contributed by atoms with van der Waals surface area (Å²) >= 11 is 5.84. The van der Waals surface area contributed by atoms with E-state index in [1.54, 1.807) is 24.3 Å². The number of anilines is 1. The van der Waals surface area contributed by atoms with Gasteiger partial charge in [-0.15, -0.1) is 0 Å². The average Bonchev–Trinajstić information content (AvgIpc) is 3.26. The third-order valence-electron chi connectivity index (χ3n) is 5.38. The number of hydrogen-bond acceptors (Lipinski definition) is 6. The lowest BCUT2D eigenvalue weighted by Crippen LogP contribution is -2.09. The summed E-state index contributed by atoms with van der Waals surface area (Å²) in [6.45, 7) is 4.23. The number of methoxy groups -OCH3 is 1. The first-order valence-electron chi connectivity index (χ1n) is 10.8. The molecule has 1 amide bonds. The van der Waals surface area contributed by atoms with Crippen molar-refractivity contribution in [2.45, 2.75) is 19.8 Å². The SMILES string of the molecule is COc1ccc(-c2nc3cc(C(C)C)ccc3o2)cc1NC(=O)/C=C/c1ccc(Cl)c([N+](=O)[O-])c1. The molecule has 1 N–H and O–H groups in total. The van der Waals surface area contributed by atoms with Crippen LogP contribution in [-0.2, 0) is 4.79 Å². The molecule has 0 unspecified atom stereocenters. The molecule has 9 heteroatoms. The number of carbonyl (C=O) groups excluding carboxylic acids is 1. The molecule has 0 saturated heterocycles. The van der Waals surface area contributed by atoms with Gasteiger partial charge in [-0.1, -0.05) is 37.6 Å². The number of benzene rings is 3. The van der Waals surface area contributed by atoms with Gasteiger partial charge in [0.05, 0.1) is 17.7 Å². The largest absolute Gasteiger partial charge is 0.495 e. The first kappa shape index (κ1) is 24.0. The molecular formula is C26H22ClN3O5. The second-order valence-corrected chi connectivity index (χ2v) is 8.51. The minimum atomic E-state index is -0.578. The van der Waals surface area contributed by atoms with Crippen LogP contribution in [0.2, 0.25) is 5.02 Å². The van der Waals surface area contributed by atoms with E-state index in [2.05, 4.69) is 24.1 Å². The number of halogens is 1. The molecule has 0 aliphatic carbocycles. The fraction of sp³-hybridized carbons (Fsp3) is 0.154. The average molecular weight is 492 g/mol. The van der Waals surface area contributed by atoms with Gasteiger partial charge in [-0.25, -0.2) is 4.98 Å². The zero-order valence-corrected chi connectivity index (χ0v) is 20.0. The fourth-order valence-corrected chi connectivity index (χ4v) is 3.67. The van der Waals surface area contributed by atoms with Crippen molar-refractivity contribution in [3.8, 4) is 17.2 Å². The van der Waals surface area contributed by atoms with Crippen LogP contribution in [-0.4, -0.2) is 22.9 Å². The lowest BCUT2D eigenvalue weighted by molar-refractivity contribution is -0.384. The number of nitro groups is 1. The third-order valence-corrected chi connectivity index (χ3v) is 5.70. The van der Waals surface area contributed by atoms with Gasteiger partial charge >= 0.3 is 0 Å². The maximum atomic E-state index is 12.6. The van der Waals surface area contributed by atoms with Crippen LogP contribution in [0, 0.1) is 10.1 Å². The van der Waals surface area contributed by atoms with Gasteiger partial charge in [0, 0.05) is 17.7 Å². The molecule has 0 spiro atoms. The van der Waals surface area contributed by atoms with Crippen LogP contribution in [0.25, 0.3) is 28.6 Å². The van der Waals surface area contributed by atoms with E-state index in [4.69, 9.17) is 20.8 Å². The van der Waals surface area contributed by atoms with Crippen LogP contribution in [0.4, 0.5) is 11.4 Å². The molecule has 178 valence electrons. The normalized spacial score (nSPS) is 11.3.